The molecule has 5 nitrogen and oxygen atoms in total. The molecule has 1 aromatic rings. The first kappa shape index (κ1) is 13.9. The summed E-state index contributed by atoms with van der Waals surface area (Å²) in [5.41, 5.74) is 0.974. The summed E-state index contributed by atoms with van der Waals surface area (Å²) in [7, 11) is -3.33. The maximum Gasteiger partial charge on any atom is 0.240 e. The lowest BCUT2D eigenvalue weighted by molar-refractivity contribution is 0.581. The predicted octanol–water partition coefficient (Wildman–Crippen LogP) is 1.15. The van der Waals surface area contributed by atoms with Crippen molar-refractivity contribution >= 4 is 15.7 Å². The molecule has 0 aromatic heterocycles. The van der Waals surface area contributed by atoms with Crippen molar-refractivity contribution in [2.45, 2.75) is 30.2 Å². The second kappa shape index (κ2) is 5.71. The molecule has 1 unspecified atom stereocenters. The SMILES string of the molecule is O=S(=O)(NC1CC1)c1ccc(NCC2CCNC2)cc1. The smallest absolute Gasteiger partial charge is 0.240 e. The quantitative estimate of drug-likeness (QED) is 0.736. The molecule has 0 radical (unpaired) electrons. The molecule has 2 fully saturated rings. The van der Waals surface area contributed by atoms with Gasteiger partial charge in [0.25, 0.3) is 0 Å². The number of nitrogens with one attached hydrogen (secondary N) is 3. The Morgan fingerprint density at radius 3 is 2.50 bits per heavy atom. The highest BCUT2D eigenvalue weighted by molar-refractivity contribution is 7.89. The normalized spacial score (nSPS) is 22.9. The molecule has 0 spiro atoms. The molecule has 0 bridgehead atoms. The van der Waals surface area contributed by atoms with Gasteiger partial charge in [0.05, 0.1) is 4.90 Å². The van der Waals surface area contributed by atoms with E-state index in [4.69, 9.17) is 0 Å². The van der Waals surface area contributed by atoms with Gasteiger partial charge in [0.2, 0.25) is 10.0 Å². The number of benzene rings is 1. The molecule has 1 aromatic carbocycles. The maximum absolute atomic E-state index is 12.0. The molecule has 1 saturated carbocycles. The van der Waals surface area contributed by atoms with Crippen LogP contribution >= 0.6 is 0 Å². The first-order chi connectivity index (χ1) is 9.63. The van der Waals surface area contributed by atoms with E-state index < -0.39 is 10.0 Å². The van der Waals surface area contributed by atoms with Gasteiger partial charge in [0, 0.05) is 18.3 Å². The second-order valence-corrected chi connectivity index (χ2v) is 7.37. The van der Waals surface area contributed by atoms with Gasteiger partial charge < -0.3 is 10.6 Å². The summed E-state index contributed by atoms with van der Waals surface area (Å²) in [4.78, 5) is 0.345. The van der Waals surface area contributed by atoms with Crippen LogP contribution in [0.4, 0.5) is 5.69 Å². The van der Waals surface area contributed by atoms with Gasteiger partial charge in [-0.15, -0.1) is 0 Å². The zero-order valence-electron chi connectivity index (χ0n) is 11.4. The van der Waals surface area contributed by atoms with Gasteiger partial charge in [-0.2, -0.15) is 0 Å². The van der Waals surface area contributed by atoms with Gasteiger partial charge in [-0.1, -0.05) is 0 Å². The lowest BCUT2D eigenvalue weighted by Gasteiger charge is -2.12. The van der Waals surface area contributed by atoms with E-state index in [-0.39, 0.29) is 6.04 Å². The van der Waals surface area contributed by atoms with Crippen molar-refractivity contribution in [3.63, 3.8) is 0 Å². The number of rotatable bonds is 6. The van der Waals surface area contributed by atoms with Gasteiger partial charge in [0.15, 0.2) is 0 Å². The largest absolute Gasteiger partial charge is 0.385 e. The minimum Gasteiger partial charge on any atom is -0.385 e. The number of hydrogen-bond acceptors (Lipinski definition) is 4. The van der Waals surface area contributed by atoms with Crippen LogP contribution in [0.1, 0.15) is 19.3 Å². The Labute approximate surface area is 120 Å². The molecule has 6 heteroatoms. The molecule has 1 saturated heterocycles. The number of sulfonamides is 1. The summed E-state index contributed by atoms with van der Waals surface area (Å²) >= 11 is 0. The van der Waals surface area contributed by atoms with Crippen molar-refractivity contribution in [3.05, 3.63) is 24.3 Å². The lowest BCUT2D eigenvalue weighted by atomic mass is 10.1. The molecule has 3 rings (SSSR count). The Morgan fingerprint density at radius 2 is 1.90 bits per heavy atom. The van der Waals surface area contributed by atoms with E-state index in [1.54, 1.807) is 12.1 Å². The van der Waals surface area contributed by atoms with E-state index in [1.165, 1.54) is 6.42 Å². The van der Waals surface area contributed by atoms with Crippen LogP contribution in [-0.4, -0.2) is 34.1 Å². The first-order valence-corrected chi connectivity index (χ1v) is 8.69. The van der Waals surface area contributed by atoms with Crippen molar-refractivity contribution < 1.29 is 8.42 Å². The molecule has 1 heterocycles. The number of hydrogen-bond donors (Lipinski definition) is 3. The van der Waals surface area contributed by atoms with E-state index in [0.29, 0.717) is 10.8 Å². The Balaban J connectivity index is 1.58. The summed E-state index contributed by atoms with van der Waals surface area (Å²) < 4.78 is 26.7. The fraction of sp³-hybridized carbons (Fsp3) is 0.571. The summed E-state index contributed by atoms with van der Waals surface area (Å²) in [6.45, 7) is 3.08. The van der Waals surface area contributed by atoms with Gasteiger partial charge >= 0.3 is 0 Å². The molecule has 2 aliphatic rings. The zero-order chi connectivity index (χ0) is 14.0. The average Bonchev–Trinajstić information content (AvgIpc) is 3.08. The van der Waals surface area contributed by atoms with Crippen LogP contribution in [0.3, 0.4) is 0 Å². The zero-order valence-corrected chi connectivity index (χ0v) is 12.2. The maximum atomic E-state index is 12.0. The molecular weight excluding hydrogens is 274 g/mol. The highest BCUT2D eigenvalue weighted by Crippen LogP contribution is 2.23. The first-order valence-electron chi connectivity index (χ1n) is 7.20. The Bertz CT molecular complexity index is 546. The van der Waals surface area contributed by atoms with E-state index in [2.05, 4.69) is 15.4 Å². The third kappa shape index (κ3) is 3.50. The topological polar surface area (TPSA) is 70.2 Å². The fourth-order valence-electron chi connectivity index (χ4n) is 2.39. The molecule has 1 aliphatic carbocycles. The molecular formula is C14H21N3O2S. The van der Waals surface area contributed by atoms with Crippen molar-refractivity contribution in [2.75, 3.05) is 25.0 Å². The van der Waals surface area contributed by atoms with Crippen molar-refractivity contribution in [3.8, 4) is 0 Å². The van der Waals surface area contributed by atoms with Crippen LogP contribution in [0.2, 0.25) is 0 Å². The van der Waals surface area contributed by atoms with Crippen molar-refractivity contribution in [1.82, 2.24) is 10.0 Å². The molecule has 0 amide bonds. The summed E-state index contributed by atoms with van der Waals surface area (Å²) in [5, 5.41) is 6.70. The third-order valence-electron chi connectivity index (χ3n) is 3.82. The van der Waals surface area contributed by atoms with Crippen LogP contribution in [-0.2, 0) is 10.0 Å². The molecule has 1 atom stereocenters. The average molecular weight is 295 g/mol. The summed E-state index contributed by atoms with van der Waals surface area (Å²) in [6.07, 6.45) is 3.10. The molecule has 3 N–H and O–H groups in total. The van der Waals surface area contributed by atoms with Gasteiger partial charge in [-0.05, 0) is 62.5 Å². The van der Waals surface area contributed by atoms with Crippen molar-refractivity contribution in [2.24, 2.45) is 5.92 Å². The summed E-state index contributed by atoms with van der Waals surface area (Å²) in [6, 6.07) is 7.15. The van der Waals surface area contributed by atoms with Crippen LogP contribution in [0.5, 0.6) is 0 Å². The van der Waals surface area contributed by atoms with Gasteiger partial charge in [-0.3, -0.25) is 0 Å². The predicted molar refractivity (Wildman–Crippen MR) is 79.3 cm³/mol. The molecule has 20 heavy (non-hydrogen) atoms. The second-order valence-electron chi connectivity index (χ2n) is 5.66. The minimum absolute atomic E-state index is 0.146. The van der Waals surface area contributed by atoms with Crippen LogP contribution < -0.4 is 15.4 Å². The van der Waals surface area contributed by atoms with E-state index in [1.807, 2.05) is 12.1 Å². The Hall–Kier alpha value is -1.11. The Kier molecular flexibility index (Phi) is 3.96. The van der Waals surface area contributed by atoms with Crippen LogP contribution in [0, 0.1) is 5.92 Å². The minimum atomic E-state index is -3.33. The Morgan fingerprint density at radius 1 is 1.15 bits per heavy atom. The fourth-order valence-corrected chi connectivity index (χ4v) is 3.70. The monoisotopic (exact) mass is 295 g/mol. The van der Waals surface area contributed by atoms with Crippen molar-refractivity contribution in [1.29, 1.82) is 0 Å². The third-order valence-corrected chi connectivity index (χ3v) is 5.36. The molecule has 110 valence electrons. The lowest BCUT2D eigenvalue weighted by Crippen LogP contribution is -2.25. The van der Waals surface area contributed by atoms with Gasteiger partial charge in [-0.25, -0.2) is 13.1 Å². The summed E-state index contributed by atoms with van der Waals surface area (Å²) in [5.74, 6) is 0.662. The standard InChI is InChI=1S/C14H21N3O2S/c18-20(19,17-13-1-2-13)14-5-3-12(4-6-14)16-10-11-7-8-15-9-11/h3-6,11,13,15-17H,1-2,7-10H2. The van der Waals surface area contributed by atoms with E-state index >= 15 is 0 Å². The van der Waals surface area contributed by atoms with E-state index in [9.17, 15) is 8.42 Å². The van der Waals surface area contributed by atoms with Gasteiger partial charge in [0.1, 0.15) is 0 Å². The van der Waals surface area contributed by atoms with E-state index in [0.717, 1.165) is 38.2 Å². The van der Waals surface area contributed by atoms with Crippen LogP contribution in [0.25, 0.3) is 0 Å². The molecule has 1 aliphatic heterocycles. The van der Waals surface area contributed by atoms with Crippen LogP contribution in [0.15, 0.2) is 29.2 Å². The highest BCUT2D eigenvalue weighted by atomic mass is 32.2. The number of anilines is 1. The highest BCUT2D eigenvalue weighted by Gasteiger charge is 2.27.